The molecule has 2 aliphatic rings. The van der Waals surface area contributed by atoms with E-state index < -0.39 is 5.60 Å². The molecule has 2 fully saturated rings. The normalized spacial score (nSPS) is 19.4. The molecule has 2 saturated heterocycles. The van der Waals surface area contributed by atoms with E-state index in [0.29, 0.717) is 11.8 Å². The van der Waals surface area contributed by atoms with Crippen molar-refractivity contribution >= 4 is 11.9 Å². The first-order valence-electron chi connectivity index (χ1n) is 10.2. The lowest BCUT2D eigenvalue weighted by Crippen LogP contribution is -2.44. The van der Waals surface area contributed by atoms with Gasteiger partial charge in [-0.1, -0.05) is 0 Å². The minimum absolute atomic E-state index is 0.187. The van der Waals surface area contributed by atoms with Crippen LogP contribution in [0.4, 0.5) is 10.6 Å². The quantitative estimate of drug-likeness (QED) is 0.775. The lowest BCUT2D eigenvalue weighted by molar-refractivity contribution is 0.0152. The molecule has 2 aliphatic heterocycles. The van der Waals surface area contributed by atoms with Crippen molar-refractivity contribution < 1.29 is 9.53 Å². The van der Waals surface area contributed by atoms with Crippen LogP contribution in [0.5, 0.6) is 0 Å². The molecule has 28 heavy (non-hydrogen) atoms. The van der Waals surface area contributed by atoms with Crippen LogP contribution in [0.25, 0.3) is 0 Å². The Morgan fingerprint density at radius 1 is 1.11 bits per heavy atom. The molecule has 0 aliphatic carbocycles. The molecule has 7 heteroatoms. The zero-order valence-corrected chi connectivity index (χ0v) is 17.4. The monoisotopic (exact) mass is 385 g/mol. The van der Waals surface area contributed by atoms with Gasteiger partial charge in [-0.3, -0.25) is 0 Å². The number of rotatable bonds is 2. The Morgan fingerprint density at radius 2 is 1.68 bits per heavy atom. The number of aromatic nitrogens is 2. The summed E-state index contributed by atoms with van der Waals surface area (Å²) < 4.78 is 5.49. The van der Waals surface area contributed by atoms with E-state index in [1.807, 2.05) is 44.7 Å². The highest BCUT2D eigenvalue weighted by molar-refractivity contribution is 5.68. The van der Waals surface area contributed by atoms with Crippen LogP contribution in [0.3, 0.4) is 0 Å². The number of nitrogens with zero attached hydrogens (tertiary/aromatic N) is 5. The Hall–Kier alpha value is -2.36. The molecule has 0 atom stereocenters. The van der Waals surface area contributed by atoms with Gasteiger partial charge in [0, 0.05) is 37.9 Å². The summed E-state index contributed by atoms with van der Waals surface area (Å²) in [5, 5.41) is 9.09. The standard InChI is InChI=1S/C21H31N5O2/c1-15-13-19(24-18(14-22)23-15)25-9-5-16(6-10-25)17-7-11-26(12-8-17)20(27)28-21(2,3)4/h13,16-17H,5-12H2,1-4H3. The van der Waals surface area contributed by atoms with Gasteiger partial charge in [0.25, 0.3) is 0 Å². The second-order valence-electron chi connectivity index (χ2n) is 8.93. The largest absolute Gasteiger partial charge is 0.444 e. The summed E-state index contributed by atoms with van der Waals surface area (Å²) in [6.07, 6.45) is 4.17. The number of carbonyl (C=O) groups excluding carboxylic acids is 1. The first kappa shape index (κ1) is 20.4. The van der Waals surface area contributed by atoms with E-state index in [2.05, 4.69) is 14.9 Å². The summed E-state index contributed by atoms with van der Waals surface area (Å²) in [6, 6.07) is 4.00. The number of piperidine rings is 2. The molecular formula is C21H31N5O2. The average Bonchev–Trinajstić information content (AvgIpc) is 2.66. The van der Waals surface area contributed by atoms with Crippen LogP contribution in [-0.4, -0.2) is 52.7 Å². The summed E-state index contributed by atoms with van der Waals surface area (Å²) in [5.41, 5.74) is 0.393. The maximum absolute atomic E-state index is 12.2. The molecule has 1 aromatic heterocycles. The van der Waals surface area contributed by atoms with E-state index in [1.54, 1.807) is 0 Å². The maximum Gasteiger partial charge on any atom is 0.410 e. The predicted octanol–water partition coefficient (Wildman–Crippen LogP) is 3.52. The van der Waals surface area contributed by atoms with E-state index >= 15 is 0 Å². The van der Waals surface area contributed by atoms with Crippen LogP contribution in [0.2, 0.25) is 0 Å². The number of ether oxygens (including phenoxy) is 1. The minimum atomic E-state index is -0.439. The van der Waals surface area contributed by atoms with E-state index in [-0.39, 0.29) is 11.9 Å². The number of nitriles is 1. The highest BCUT2D eigenvalue weighted by Crippen LogP contribution is 2.34. The number of hydrogen-bond donors (Lipinski definition) is 0. The highest BCUT2D eigenvalue weighted by Gasteiger charge is 2.32. The predicted molar refractivity (Wildman–Crippen MR) is 107 cm³/mol. The average molecular weight is 386 g/mol. The summed E-state index contributed by atoms with van der Waals surface area (Å²) in [4.78, 5) is 24.9. The van der Waals surface area contributed by atoms with E-state index in [4.69, 9.17) is 10.00 Å². The van der Waals surface area contributed by atoms with Gasteiger partial charge in [-0.2, -0.15) is 5.26 Å². The highest BCUT2D eigenvalue weighted by atomic mass is 16.6. The molecule has 152 valence electrons. The van der Waals surface area contributed by atoms with E-state index in [1.165, 1.54) is 0 Å². The molecule has 0 aromatic carbocycles. The van der Waals surface area contributed by atoms with Gasteiger partial charge in [0.05, 0.1) is 0 Å². The minimum Gasteiger partial charge on any atom is -0.444 e. The van der Waals surface area contributed by atoms with Crippen LogP contribution in [0.1, 0.15) is 58.0 Å². The van der Waals surface area contributed by atoms with Crippen molar-refractivity contribution in [2.75, 3.05) is 31.1 Å². The SMILES string of the molecule is Cc1cc(N2CCC(C3CCN(C(=O)OC(C)(C)C)CC3)CC2)nc(C#N)n1. The first-order valence-corrected chi connectivity index (χ1v) is 10.2. The van der Waals surface area contributed by atoms with Gasteiger partial charge >= 0.3 is 6.09 Å². The van der Waals surface area contributed by atoms with Crippen LogP contribution in [0.15, 0.2) is 6.07 Å². The molecule has 0 bridgehead atoms. The summed E-state index contributed by atoms with van der Waals surface area (Å²) in [6.45, 7) is 11.1. The smallest absolute Gasteiger partial charge is 0.410 e. The van der Waals surface area contributed by atoms with Crippen molar-refractivity contribution in [3.63, 3.8) is 0 Å². The summed E-state index contributed by atoms with van der Waals surface area (Å²) >= 11 is 0. The zero-order valence-electron chi connectivity index (χ0n) is 17.4. The second kappa shape index (κ2) is 8.34. The van der Waals surface area contributed by atoms with E-state index in [0.717, 1.165) is 63.4 Å². The third-order valence-electron chi connectivity index (χ3n) is 5.66. The Balaban J connectivity index is 1.49. The van der Waals surface area contributed by atoms with Crippen molar-refractivity contribution in [2.45, 2.75) is 59.0 Å². The molecule has 0 saturated carbocycles. The molecule has 0 spiro atoms. The first-order chi connectivity index (χ1) is 13.2. The Kier molecular flexibility index (Phi) is 6.07. The molecular weight excluding hydrogens is 354 g/mol. The van der Waals surface area contributed by atoms with Gasteiger partial charge in [0.2, 0.25) is 5.82 Å². The maximum atomic E-state index is 12.2. The summed E-state index contributed by atoms with van der Waals surface area (Å²) in [7, 11) is 0. The van der Waals surface area contributed by atoms with Crippen molar-refractivity contribution in [2.24, 2.45) is 11.8 Å². The van der Waals surface area contributed by atoms with Crippen LogP contribution in [0, 0.1) is 30.1 Å². The lowest BCUT2D eigenvalue weighted by atomic mass is 9.79. The fraction of sp³-hybridized carbons (Fsp3) is 0.714. The molecule has 7 nitrogen and oxygen atoms in total. The number of anilines is 1. The van der Waals surface area contributed by atoms with Gasteiger partial charge in [0.1, 0.15) is 17.5 Å². The number of carbonyl (C=O) groups is 1. The number of aryl methyl sites for hydroxylation is 1. The van der Waals surface area contributed by atoms with Crippen molar-refractivity contribution in [3.8, 4) is 6.07 Å². The van der Waals surface area contributed by atoms with Gasteiger partial charge in [0.15, 0.2) is 0 Å². The molecule has 0 radical (unpaired) electrons. The lowest BCUT2D eigenvalue weighted by Gasteiger charge is -2.40. The third-order valence-corrected chi connectivity index (χ3v) is 5.66. The fourth-order valence-corrected chi connectivity index (χ4v) is 4.24. The molecule has 3 heterocycles. The van der Waals surface area contributed by atoms with Crippen LogP contribution >= 0.6 is 0 Å². The Labute approximate surface area is 167 Å². The van der Waals surface area contributed by atoms with Gasteiger partial charge in [-0.25, -0.2) is 14.8 Å². The van der Waals surface area contributed by atoms with Gasteiger partial charge in [-0.15, -0.1) is 0 Å². The molecule has 3 rings (SSSR count). The summed E-state index contributed by atoms with van der Waals surface area (Å²) in [5.74, 6) is 2.46. The molecule has 0 N–H and O–H groups in total. The van der Waals surface area contributed by atoms with Crippen LogP contribution < -0.4 is 4.90 Å². The molecule has 0 unspecified atom stereocenters. The van der Waals surface area contributed by atoms with Crippen molar-refractivity contribution in [1.82, 2.24) is 14.9 Å². The number of amides is 1. The zero-order chi connectivity index (χ0) is 20.3. The van der Waals surface area contributed by atoms with E-state index in [9.17, 15) is 4.79 Å². The molecule has 1 amide bonds. The Bertz CT molecular complexity index is 736. The van der Waals surface area contributed by atoms with Crippen molar-refractivity contribution in [1.29, 1.82) is 5.26 Å². The van der Waals surface area contributed by atoms with Gasteiger partial charge in [-0.05, 0) is 65.2 Å². The third kappa shape index (κ3) is 5.12. The van der Waals surface area contributed by atoms with Crippen molar-refractivity contribution in [3.05, 3.63) is 17.6 Å². The topological polar surface area (TPSA) is 82.4 Å². The number of likely N-dealkylation sites (tertiary alicyclic amines) is 1. The van der Waals surface area contributed by atoms with Gasteiger partial charge < -0.3 is 14.5 Å². The molecule has 1 aromatic rings. The Morgan fingerprint density at radius 3 is 2.21 bits per heavy atom. The number of hydrogen-bond acceptors (Lipinski definition) is 6. The fourth-order valence-electron chi connectivity index (χ4n) is 4.24. The van der Waals surface area contributed by atoms with Crippen LogP contribution in [-0.2, 0) is 4.74 Å². The second-order valence-corrected chi connectivity index (χ2v) is 8.93.